The van der Waals surface area contributed by atoms with E-state index in [1.165, 1.54) is 0 Å². The smallest absolute Gasteiger partial charge is 0.280 e. The largest absolute Gasteiger partial charge is 0.314 e. The normalized spacial score (nSPS) is 27.8. The van der Waals surface area contributed by atoms with Gasteiger partial charge >= 0.3 is 0 Å². The van der Waals surface area contributed by atoms with Crippen molar-refractivity contribution >= 4 is 7.52 Å². The summed E-state index contributed by atoms with van der Waals surface area (Å²) in [5, 5.41) is 0. The molecule has 0 amide bonds. The molecule has 130 valence electrons. The van der Waals surface area contributed by atoms with Crippen molar-refractivity contribution in [3.8, 4) is 0 Å². The molecule has 1 aromatic rings. The van der Waals surface area contributed by atoms with Gasteiger partial charge in [0.25, 0.3) is 7.52 Å². The molecule has 23 heavy (non-hydrogen) atoms. The van der Waals surface area contributed by atoms with E-state index in [1.54, 1.807) is 0 Å². The molecule has 1 saturated heterocycles. The highest BCUT2D eigenvalue weighted by molar-refractivity contribution is 7.57. The minimum absolute atomic E-state index is 0.0291. The van der Waals surface area contributed by atoms with Gasteiger partial charge in [0.05, 0.1) is 11.8 Å². The van der Waals surface area contributed by atoms with Gasteiger partial charge in [-0.05, 0) is 45.1 Å². The van der Waals surface area contributed by atoms with E-state index in [-0.39, 0.29) is 17.3 Å². The monoisotopic (exact) mass is 337 g/mol. The highest BCUT2D eigenvalue weighted by Gasteiger charge is 2.50. The first-order chi connectivity index (χ1) is 10.9. The van der Waals surface area contributed by atoms with Gasteiger partial charge in [-0.25, -0.2) is 4.67 Å². The van der Waals surface area contributed by atoms with Crippen molar-refractivity contribution in [3.63, 3.8) is 0 Å². The Bertz CT molecular complexity index is 533. The van der Waals surface area contributed by atoms with Crippen LogP contribution in [0.15, 0.2) is 30.3 Å². The summed E-state index contributed by atoms with van der Waals surface area (Å²) in [5.41, 5.74) is 0.973. The van der Waals surface area contributed by atoms with Gasteiger partial charge in [-0.1, -0.05) is 51.1 Å². The molecule has 0 radical (unpaired) electrons. The van der Waals surface area contributed by atoms with Gasteiger partial charge < -0.3 is 4.52 Å². The van der Waals surface area contributed by atoms with Gasteiger partial charge in [0.2, 0.25) is 0 Å². The fraction of sp³-hybridized carbons (Fsp3) is 0.684. The number of benzene rings is 1. The van der Waals surface area contributed by atoms with Gasteiger partial charge in [0, 0.05) is 12.1 Å². The minimum atomic E-state index is -2.93. The fourth-order valence-electron chi connectivity index (χ4n) is 3.86. The van der Waals surface area contributed by atoms with Crippen LogP contribution in [0, 0.1) is 0 Å². The second-order valence-corrected chi connectivity index (χ2v) is 9.36. The Labute approximate surface area is 141 Å². The molecule has 2 rings (SSSR count). The lowest BCUT2D eigenvalue weighted by Crippen LogP contribution is -2.49. The summed E-state index contributed by atoms with van der Waals surface area (Å²) in [5.74, 6) is 0. The van der Waals surface area contributed by atoms with Gasteiger partial charge in [-0.15, -0.1) is 0 Å². The summed E-state index contributed by atoms with van der Waals surface area (Å²) in [6.07, 6.45) is 4.02. The van der Waals surface area contributed by atoms with E-state index in [2.05, 4.69) is 44.5 Å². The molecule has 0 saturated carbocycles. The van der Waals surface area contributed by atoms with Gasteiger partial charge in [0.15, 0.2) is 0 Å². The van der Waals surface area contributed by atoms with Crippen LogP contribution in [0.5, 0.6) is 0 Å². The van der Waals surface area contributed by atoms with Crippen LogP contribution in [-0.4, -0.2) is 22.9 Å². The summed E-state index contributed by atoms with van der Waals surface area (Å²) < 4.78 is 22.5. The van der Waals surface area contributed by atoms with E-state index >= 15 is 0 Å². The summed E-state index contributed by atoms with van der Waals surface area (Å²) in [7, 11) is -2.93. The van der Waals surface area contributed by atoms with Crippen LogP contribution >= 0.6 is 7.52 Å². The van der Waals surface area contributed by atoms with Crippen LogP contribution in [0.4, 0.5) is 0 Å². The zero-order valence-electron chi connectivity index (χ0n) is 15.3. The average molecular weight is 337 g/mol. The summed E-state index contributed by atoms with van der Waals surface area (Å²) in [4.78, 5) is 0. The van der Waals surface area contributed by atoms with Crippen LogP contribution in [0.1, 0.15) is 71.5 Å². The molecule has 0 spiro atoms. The Morgan fingerprint density at radius 1 is 1.22 bits per heavy atom. The molecule has 0 N–H and O–H groups in total. The fourth-order valence-corrected chi connectivity index (χ4v) is 7.16. The van der Waals surface area contributed by atoms with Crippen LogP contribution in [-0.2, 0) is 9.09 Å². The number of hydrogen-bond donors (Lipinski definition) is 0. The van der Waals surface area contributed by atoms with Crippen LogP contribution < -0.4 is 0 Å². The molecule has 1 aliphatic rings. The van der Waals surface area contributed by atoms with E-state index in [4.69, 9.17) is 4.52 Å². The first kappa shape index (κ1) is 18.7. The number of hydrogen-bond acceptors (Lipinski definition) is 2. The SMILES string of the molecule is CCC(CC)(CC)N1CC[C@H](C)O[P@]1(=O)[C@@H](C)c1ccccc1. The molecule has 0 aromatic heterocycles. The van der Waals surface area contributed by atoms with E-state index in [9.17, 15) is 4.57 Å². The predicted octanol–water partition coefficient (Wildman–Crippen LogP) is 6.02. The third kappa shape index (κ3) is 3.43. The third-order valence-corrected chi connectivity index (χ3v) is 8.94. The second-order valence-electron chi connectivity index (χ2n) is 6.76. The van der Waals surface area contributed by atoms with Crippen molar-refractivity contribution in [1.29, 1.82) is 0 Å². The van der Waals surface area contributed by atoms with Crippen molar-refractivity contribution in [2.45, 2.75) is 77.6 Å². The Morgan fingerprint density at radius 3 is 2.30 bits per heavy atom. The summed E-state index contributed by atoms with van der Waals surface area (Å²) >= 11 is 0. The Hall–Kier alpha value is -0.630. The lowest BCUT2D eigenvalue weighted by atomic mass is 9.89. The zero-order valence-corrected chi connectivity index (χ0v) is 16.2. The third-order valence-electron chi connectivity index (χ3n) is 5.71. The maximum atomic E-state index is 14.1. The Balaban J connectivity index is 2.46. The molecule has 0 unspecified atom stereocenters. The standard InChI is InChI=1S/C19H32NO2P/c1-6-19(7-2,8-3)20-15-14-16(4)22-23(20,21)17(5)18-12-10-9-11-13-18/h9-13,16-17H,6-8,14-15H2,1-5H3/t16-,17-,23+/m0/s1. The maximum Gasteiger partial charge on any atom is 0.280 e. The van der Waals surface area contributed by atoms with Crippen molar-refractivity contribution < 1.29 is 9.09 Å². The highest BCUT2D eigenvalue weighted by Crippen LogP contribution is 2.68. The van der Waals surface area contributed by atoms with Crippen molar-refractivity contribution in [1.82, 2.24) is 4.67 Å². The highest BCUT2D eigenvalue weighted by atomic mass is 31.2. The maximum absolute atomic E-state index is 14.1. The lowest BCUT2D eigenvalue weighted by Gasteiger charge is -2.51. The predicted molar refractivity (Wildman–Crippen MR) is 97.9 cm³/mol. The molecule has 3 atom stereocenters. The van der Waals surface area contributed by atoms with Crippen molar-refractivity contribution in [3.05, 3.63) is 35.9 Å². The van der Waals surface area contributed by atoms with Crippen LogP contribution in [0.2, 0.25) is 0 Å². The molecular weight excluding hydrogens is 305 g/mol. The van der Waals surface area contributed by atoms with Crippen molar-refractivity contribution in [2.75, 3.05) is 6.54 Å². The van der Waals surface area contributed by atoms with E-state index in [0.29, 0.717) is 0 Å². The van der Waals surface area contributed by atoms with Crippen LogP contribution in [0.3, 0.4) is 0 Å². The summed E-state index contributed by atoms with van der Waals surface area (Å²) in [6, 6.07) is 10.2. The number of rotatable bonds is 6. The Kier molecular flexibility index (Phi) is 6.10. The van der Waals surface area contributed by atoms with Crippen molar-refractivity contribution in [2.24, 2.45) is 0 Å². The number of nitrogens with zero attached hydrogens (tertiary/aromatic N) is 1. The topological polar surface area (TPSA) is 29.5 Å². The molecule has 4 heteroatoms. The molecule has 1 heterocycles. The summed E-state index contributed by atoms with van der Waals surface area (Å²) in [6.45, 7) is 11.6. The zero-order chi connectivity index (χ0) is 17.1. The van der Waals surface area contributed by atoms with E-state index in [0.717, 1.165) is 37.8 Å². The molecule has 1 aromatic carbocycles. The minimum Gasteiger partial charge on any atom is -0.314 e. The van der Waals surface area contributed by atoms with E-state index < -0.39 is 7.52 Å². The quantitative estimate of drug-likeness (QED) is 0.594. The average Bonchev–Trinajstić information content (AvgIpc) is 2.58. The first-order valence-corrected chi connectivity index (χ1v) is 10.7. The first-order valence-electron chi connectivity index (χ1n) is 9.04. The van der Waals surface area contributed by atoms with E-state index in [1.807, 2.05) is 25.1 Å². The van der Waals surface area contributed by atoms with Gasteiger partial charge in [0.1, 0.15) is 0 Å². The second kappa shape index (κ2) is 7.51. The molecule has 0 aliphatic carbocycles. The van der Waals surface area contributed by atoms with Crippen LogP contribution in [0.25, 0.3) is 0 Å². The molecule has 1 aliphatic heterocycles. The molecular formula is C19H32NO2P. The van der Waals surface area contributed by atoms with Gasteiger partial charge in [-0.3, -0.25) is 4.57 Å². The lowest BCUT2D eigenvalue weighted by molar-refractivity contribution is 0.0660. The van der Waals surface area contributed by atoms with Gasteiger partial charge in [-0.2, -0.15) is 0 Å². The molecule has 1 fully saturated rings. The Morgan fingerprint density at radius 2 is 1.78 bits per heavy atom. The molecule has 3 nitrogen and oxygen atoms in total. The molecule has 0 bridgehead atoms.